The van der Waals surface area contributed by atoms with Gasteiger partial charge in [-0.1, -0.05) is 0 Å². The SMILES string of the molecule is COc1cc2cc(C(=O)N[C@H](C)C(=O)Nc3ccc4c(c3)OCO4)[nH]c2c(OC)c1OC. The van der Waals surface area contributed by atoms with Crippen molar-refractivity contribution in [2.45, 2.75) is 13.0 Å². The molecule has 0 saturated carbocycles. The summed E-state index contributed by atoms with van der Waals surface area (Å²) in [4.78, 5) is 28.4. The third kappa shape index (κ3) is 3.82. The monoisotopic (exact) mass is 441 g/mol. The highest BCUT2D eigenvalue weighted by Gasteiger charge is 2.22. The van der Waals surface area contributed by atoms with Crippen molar-refractivity contribution in [3.63, 3.8) is 0 Å². The Bertz CT molecular complexity index is 1190. The molecule has 0 spiro atoms. The van der Waals surface area contributed by atoms with E-state index in [2.05, 4.69) is 15.6 Å². The summed E-state index contributed by atoms with van der Waals surface area (Å²) in [6.07, 6.45) is 0. The maximum Gasteiger partial charge on any atom is 0.268 e. The van der Waals surface area contributed by atoms with Crippen LogP contribution in [-0.4, -0.2) is 51.0 Å². The van der Waals surface area contributed by atoms with Crippen molar-refractivity contribution >= 4 is 28.4 Å². The lowest BCUT2D eigenvalue weighted by molar-refractivity contribution is -0.117. The molecule has 1 aliphatic heterocycles. The number of aromatic nitrogens is 1. The third-order valence-electron chi connectivity index (χ3n) is 5.05. The van der Waals surface area contributed by atoms with E-state index in [0.717, 1.165) is 0 Å². The average molecular weight is 441 g/mol. The van der Waals surface area contributed by atoms with Crippen LogP contribution in [0.1, 0.15) is 17.4 Å². The average Bonchev–Trinajstić information content (AvgIpc) is 3.43. The molecule has 1 aliphatic rings. The maximum absolute atomic E-state index is 12.8. The Morgan fingerprint density at radius 3 is 2.47 bits per heavy atom. The van der Waals surface area contributed by atoms with E-state index in [1.54, 1.807) is 37.3 Å². The van der Waals surface area contributed by atoms with Gasteiger partial charge in [0.25, 0.3) is 5.91 Å². The number of fused-ring (bicyclic) bond motifs is 2. The van der Waals surface area contributed by atoms with Crippen LogP contribution in [-0.2, 0) is 4.79 Å². The number of hydrogen-bond donors (Lipinski definition) is 3. The Morgan fingerprint density at radius 2 is 1.75 bits per heavy atom. The Morgan fingerprint density at radius 1 is 1.00 bits per heavy atom. The minimum absolute atomic E-state index is 0.145. The van der Waals surface area contributed by atoms with Crippen molar-refractivity contribution in [1.29, 1.82) is 0 Å². The normalized spacial score (nSPS) is 12.9. The summed E-state index contributed by atoms with van der Waals surface area (Å²) < 4.78 is 26.7. The summed E-state index contributed by atoms with van der Waals surface area (Å²) in [7, 11) is 4.52. The predicted molar refractivity (Wildman–Crippen MR) is 116 cm³/mol. The van der Waals surface area contributed by atoms with Crippen LogP contribution in [0.2, 0.25) is 0 Å². The standard InChI is InChI=1S/C22H23N3O7/c1-11(21(26)24-13-5-6-15-16(9-13)32-10-31-15)23-22(27)14-7-12-8-17(28-2)19(29-3)20(30-4)18(12)25-14/h5-9,11,25H,10H2,1-4H3,(H,23,27)(H,24,26)/t11-/m1/s1. The van der Waals surface area contributed by atoms with E-state index in [1.165, 1.54) is 21.3 Å². The van der Waals surface area contributed by atoms with Gasteiger partial charge in [0.05, 0.1) is 26.8 Å². The highest BCUT2D eigenvalue weighted by Crippen LogP contribution is 2.43. The number of H-pyrrole nitrogens is 1. The van der Waals surface area contributed by atoms with Gasteiger partial charge >= 0.3 is 0 Å². The molecule has 168 valence electrons. The first-order valence-corrected chi connectivity index (χ1v) is 9.78. The summed E-state index contributed by atoms with van der Waals surface area (Å²) in [6, 6.07) is 7.66. The molecule has 0 radical (unpaired) electrons. The minimum Gasteiger partial charge on any atom is -0.493 e. The lowest BCUT2D eigenvalue weighted by Gasteiger charge is -2.14. The van der Waals surface area contributed by atoms with E-state index in [9.17, 15) is 9.59 Å². The molecule has 3 aromatic rings. The minimum atomic E-state index is -0.801. The van der Waals surface area contributed by atoms with E-state index in [0.29, 0.717) is 45.3 Å². The summed E-state index contributed by atoms with van der Waals surface area (Å²) in [5.41, 5.74) is 1.37. The zero-order valence-electron chi connectivity index (χ0n) is 18.0. The molecule has 0 saturated heterocycles. The van der Waals surface area contributed by atoms with Crippen LogP contribution in [0.5, 0.6) is 28.7 Å². The molecular formula is C22H23N3O7. The van der Waals surface area contributed by atoms with Crippen molar-refractivity contribution < 1.29 is 33.3 Å². The summed E-state index contributed by atoms with van der Waals surface area (Å²) >= 11 is 0. The number of amides is 2. The number of ether oxygens (including phenoxy) is 5. The maximum atomic E-state index is 12.8. The fraction of sp³-hybridized carbons (Fsp3) is 0.273. The van der Waals surface area contributed by atoms with Crippen LogP contribution in [0.3, 0.4) is 0 Å². The first-order chi connectivity index (χ1) is 15.4. The van der Waals surface area contributed by atoms with Gasteiger partial charge in [-0.15, -0.1) is 0 Å². The second-order valence-electron chi connectivity index (χ2n) is 7.05. The largest absolute Gasteiger partial charge is 0.493 e. The van der Waals surface area contributed by atoms with E-state index in [1.807, 2.05) is 0 Å². The highest BCUT2D eigenvalue weighted by atomic mass is 16.7. The zero-order chi connectivity index (χ0) is 22.8. The van der Waals surface area contributed by atoms with Crippen molar-refractivity contribution in [2.75, 3.05) is 33.4 Å². The lowest BCUT2D eigenvalue weighted by atomic mass is 10.2. The molecule has 2 aromatic carbocycles. The molecule has 0 unspecified atom stereocenters. The molecule has 0 fully saturated rings. The molecule has 0 bridgehead atoms. The van der Waals surface area contributed by atoms with Gasteiger partial charge < -0.3 is 39.3 Å². The second kappa shape index (κ2) is 8.58. The Hall–Kier alpha value is -4.08. The summed E-state index contributed by atoms with van der Waals surface area (Å²) in [5, 5.41) is 6.13. The lowest BCUT2D eigenvalue weighted by Crippen LogP contribution is -2.41. The van der Waals surface area contributed by atoms with Gasteiger partial charge in [-0.2, -0.15) is 0 Å². The van der Waals surface area contributed by atoms with Gasteiger partial charge in [0.1, 0.15) is 11.7 Å². The van der Waals surface area contributed by atoms with Crippen LogP contribution in [0, 0.1) is 0 Å². The molecular weight excluding hydrogens is 418 g/mol. The number of rotatable bonds is 7. The van der Waals surface area contributed by atoms with E-state index in [-0.39, 0.29) is 18.4 Å². The molecule has 10 heteroatoms. The zero-order valence-corrected chi connectivity index (χ0v) is 18.0. The van der Waals surface area contributed by atoms with Gasteiger partial charge in [0, 0.05) is 17.1 Å². The van der Waals surface area contributed by atoms with Crippen molar-refractivity contribution in [1.82, 2.24) is 10.3 Å². The molecule has 10 nitrogen and oxygen atoms in total. The van der Waals surface area contributed by atoms with Crippen LogP contribution in [0.4, 0.5) is 5.69 Å². The summed E-state index contributed by atoms with van der Waals surface area (Å²) in [5.74, 6) is 1.63. The van der Waals surface area contributed by atoms with Crippen LogP contribution >= 0.6 is 0 Å². The van der Waals surface area contributed by atoms with Gasteiger partial charge in [-0.25, -0.2) is 0 Å². The van der Waals surface area contributed by atoms with Gasteiger partial charge in [-0.3, -0.25) is 9.59 Å². The molecule has 4 rings (SSSR count). The molecule has 1 aromatic heterocycles. The number of methoxy groups -OCH3 is 3. The number of hydrogen-bond acceptors (Lipinski definition) is 7. The molecule has 32 heavy (non-hydrogen) atoms. The van der Waals surface area contributed by atoms with Gasteiger partial charge in [0.15, 0.2) is 23.0 Å². The van der Waals surface area contributed by atoms with Crippen molar-refractivity contribution in [3.05, 3.63) is 36.0 Å². The smallest absolute Gasteiger partial charge is 0.268 e. The van der Waals surface area contributed by atoms with Crippen LogP contribution in [0.15, 0.2) is 30.3 Å². The Kier molecular flexibility index (Phi) is 5.67. The molecule has 2 heterocycles. The third-order valence-corrected chi connectivity index (χ3v) is 5.05. The van der Waals surface area contributed by atoms with Crippen LogP contribution in [0.25, 0.3) is 10.9 Å². The number of anilines is 1. The fourth-order valence-electron chi connectivity index (χ4n) is 3.43. The first kappa shape index (κ1) is 21.2. The Labute approximate surface area is 183 Å². The summed E-state index contributed by atoms with van der Waals surface area (Å²) in [6.45, 7) is 1.74. The Balaban J connectivity index is 1.49. The molecule has 2 amide bonds. The number of nitrogens with one attached hydrogen (secondary N) is 3. The van der Waals surface area contributed by atoms with Crippen molar-refractivity contribution in [3.8, 4) is 28.7 Å². The number of carbonyl (C=O) groups excluding carboxylic acids is 2. The van der Waals surface area contributed by atoms with Crippen LogP contribution < -0.4 is 34.3 Å². The van der Waals surface area contributed by atoms with E-state index >= 15 is 0 Å². The number of carbonyl (C=O) groups is 2. The van der Waals surface area contributed by atoms with Crippen molar-refractivity contribution in [2.24, 2.45) is 0 Å². The molecule has 1 atom stereocenters. The van der Waals surface area contributed by atoms with Gasteiger partial charge in [-0.05, 0) is 31.2 Å². The van der Waals surface area contributed by atoms with Gasteiger partial charge in [0.2, 0.25) is 18.4 Å². The predicted octanol–water partition coefficient (Wildman–Crippen LogP) is 2.68. The highest BCUT2D eigenvalue weighted by molar-refractivity contribution is 6.04. The van der Waals surface area contributed by atoms with E-state index in [4.69, 9.17) is 23.7 Å². The quantitative estimate of drug-likeness (QED) is 0.516. The first-order valence-electron chi connectivity index (χ1n) is 9.78. The fourth-order valence-corrected chi connectivity index (χ4v) is 3.43. The number of aromatic amines is 1. The molecule has 0 aliphatic carbocycles. The number of benzene rings is 2. The van der Waals surface area contributed by atoms with E-state index < -0.39 is 11.9 Å². The topological polar surface area (TPSA) is 120 Å². The molecule has 3 N–H and O–H groups in total. The second-order valence-corrected chi connectivity index (χ2v) is 7.05.